The molecule has 2 aromatic rings. The molecule has 0 aliphatic heterocycles. The third-order valence-electron chi connectivity index (χ3n) is 2.24. The Morgan fingerprint density at radius 2 is 1.89 bits per heavy atom. The zero-order valence-corrected chi connectivity index (χ0v) is 14.4. The first-order valence-electron chi connectivity index (χ1n) is 4.88. The van der Waals surface area contributed by atoms with E-state index < -0.39 is 0 Å². The lowest BCUT2D eigenvalue weighted by Gasteiger charge is -2.02. The van der Waals surface area contributed by atoms with Gasteiger partial charge in [-0.3, -0.25) is 4.79 Å². The summed E-state index contributed by atoms with van der Waals surface area (Å²) in [5, 5.41) is 0. The number of carbonyl (C=O) groups excluding carboxylic acids is 1. The molecule has 6 heteroatoms. The highest BCUT2D eigenvalue weighted by Crippen LogP contribution is 2.32. The lowest BCUT2D eigenvalue weighted by Crippen LogP contribution is -2.03. The minimum atomic E-state index is -0.349. The standard InChI is InChI=1S/C12H6Br3FOS/c13-7-1-6(2-8(16)4-7)3-10(17)9-5-11(14)18-12(9)15/h1-2,4-5H,3H2. The SMILES string of the molecule is O=C(Cc1cc(F)cc(Br)c1)c1cc(Br)sc1Br. The monoisotopic (exact) mass is 454 g/mol. The van der Waals surface area contributed by atoms with E-state index in [0.717, 1.165) is 7.57 Å². The van der Waals surface area contributed by atoms with Crippen LogP contribution in [0.25, 0.3) is 0 Å². The van der Waals surface area contributed by atoms with Crippen molar-refractivity contribution in [3.05, 3.63) is 53.3 Å². The fourth-order valence-electron chi connectivity index (χ4n) is 1.52. The molecule has 0 unspecified atom stereocenters. The Morgan fingerprint density at radius 3 is 2.44 bits per heavy atom. The molecular weight excluding hydrogens is 451 g/mol. The number of hydrogen-bond acceptors (Lipinski definition) is 2. The molecule has 0 atom stereocenters. The van der Waals surface area contributed by atoms with Gasteiger partial charge in [0.2, 0.25) is 0 Å². The van der Waals surface area contributed by atoms with Crippen LogP contribution in [0.4, 0.5) is 4.39 Å². The average molecular weight is 457 g/mol. The van der Waals surface area contributed by atoms with E-state index in [-0.39, 0.29) is 18.0 Å². The van der Waals surface area contributed by atoms with Gasteiger partial charge in [-0.05, 0) is 61.7 Å². The summed E-state index contributed by atoms with van der Waals surface area (Å²) in [7, 11) is 0. The van der Waals surface area contributed by atoms with Crippen LogP contribution >= 0.6 is 59.1 Å². The van der Waals surface area contributed by atoms with E-state index in [1.165, 1.54) is 23.5 Å². The quantitative estimate of drug-likeness (QED) is 0.549. The Bertz CT molecular complexity index is 589. The van der Waals surface area contributed by atoms with Crippen LogP contribution < -0.4 is 0 Å². The van der Waals surface area contributed by atoms with Gasteiger partial charge < -0.3 is 0 Å². The predicted octanol–water partition coefficient (Wildman–Crippen LogP) is 5.60. The first kappa shape index (κ1) is 14.4. The van der Waals surface area contributed by atoms with E-state index in [1.54, 1.807) is 12.1 Å². The van der Waals surface area contributed by atoms with E-state index >= 15 is 0 Å². The van der Waals surface area contributed by atoms with Crippen molar-refractivity contribution in [3.8, 4) is 0 Å². The lowest BCUT2D eigenvalue weighted by molar-refractivity contribution is 0.0992. The second-order valence-corrected chi connectivity index (χ2v) is 8.28. The summed E-state index contributed by atoms with van der Waals surface area (Å²) < 4.78 is 15.5. The van der Waals surface area contributed by atoms with Crippen LogP contribution in [-0.2, 0) is 6.42 Å². The largest absolute Gasteiger partial charge is 0.294 e. The molecular formula is C12H6Br3FOS. The van der Waals surface area contributed by atoms with Crippen molar-refractivity contribution < 1.29 is 9.18 Å². The maximum absolute atomic E-state index is 13.2. The molecule has 1 aromatic heterocycles. The van der Waals surface area contributed by atoms with E-state index in [2.05, 4.69) is 47.8 Å². The van der Waals surface area contributed by atoms with Crippen molar-refractivity contribution in [2.75, 3.05) is 0 Å². The maximum Gasteiger partial charge on any atom is 0.169 e. The molecule has 18 heavy (non-hydrogen) atoms. The van der Waals surface area contributed by atoms with Gasteiger partial charge in [0.1, 0.15) is 5.82 Å². The van der Waals surface area contributed by atoms with Gasteiger partial charge in [0.15, 0.2) is 5.78 Å². The first-order valence-corrected chi connectivity index (χ1v) is 8.08. The summed E-state index contributed by atoms with van der Waals surface area (Å²) in [4.78, 5) is 12.1. The second-order valence-electron chi connectivity index (χ2n) is 3.62. The third kappa shape index (κ3) is 3.50. The fraction of sp³-hybridized carbons (Fsp3) is 0.0833. The Kier molecular flexibility index (Phi) is 4.75. The van der Waals surface area contributed by atoms with E-state index in [0.29, 0.717) is 15.6 Å². The molecule has 0 amide bonds. The molecule has 1 nitrogen and oxygen atoms in total. The minimum absolute atomic E-state index is 0.0404. The van der Waals surface area contributed by atoms with Gasteiger partial charge in [0, 0.05) is 16.5 Å². The Labute approximate surface area is 133 Å². The van der Waals surface area contributed by atoms with Crippen molar-refractivity contribution in [1.82, 2.24) is 0 Å². The molecule has 0 fully saturated rings. The Balaban J connectivity index is 2.23. The van der Waals surface area contributed by atoms with Gasteiger partial charge in [0.25, 0.3) is 0 Å². The second kappa shape index (κ2) is 5.94. The molecule has 0 radical (unpaired) electrons. The van der Waals surface area contributed by atoms with Crippen LogP contribution in [-0.4, -0.2) is 5.78 Å². The molecule has 1 heterocycles. The number of rotatable bonds is 3. The molecule has 0 aliphatic rings. The molecule has 0 bridgehead atoms. The summed E-state index contributed by atoms with van der Waals surface area (Å²) >= 11 is 11.3. The molecule has 2 rings (SSSR count). The normalized spacial score (nSPS) is 10.7. The van der Waals surface area contributed by atoms with Crippen molar-refractivity contribution in [2.24, 2.45) is 0 Å². The van der Waals surface area contributed by atoms with Crippen molar-refractivity contribution >= 4 is 64.9 Å². The predicted molar refractivity (Wildman–Crippen MR) is 81.9 cm³/mol. The third-order valence-corrected chi connectivity index (χ3v) is 5.04. The number of Topliss-reactive ketones (excluding diaryl/α,β-unsaturated/α-hetero) is 1. The highest BCUT2D eigenvalue weighted by atomic mass is 79.9. The van der Waals surface area contributed by atoms with Gasteiger partial charge in [-0.15, -0.1) is 11.3 Å². The zero-order chi connectivity index (χ0) is 13.3. The summed E-state index contributed by atoms with van der Waals surface area (Å²) in [6.07, 6.45) is 0.179. The molecule has 0 saturated carbocycles. The highest BCUT2D eigenvalue weighted by molar-refractivity contribution is 9.12. The van der Waals surface area contributed by atoms with Crippen molar-refractivity contribution in [1.29, 1.82) is 0 Å². The van der Waals surface area contributed by atoms with Gasteiger partial charge in [-0.2, -0.15) is 0 Å². The molecule has 0 N–H and O–H groups in total. The van der Waals surface area contributed by atoms with Crippen LogP contribution in [0.3, 0.4) is 0 Å². The zero-order valence-electron chi connectivity index (χ0n) is 8.84. The molecule has 0 spiro atoms. The molecule has 1 aromatic carbocycles. The van der Waals surface area contributed by atoms with Gasteiger partial charge in [-0.1, -0.05) is 15.9 Å². The van der Waals surface area contributed by atoms with E-state index in [9.17, 15) is 9.18 Å². The van der Waals surface area contributed by atoms with Crippen LogP contribution in [0.1, 0.15) is 15.9 Å². The Hall–Kier alpha value is -0.0400. The summed E-state index contributed by atoms with van der Waals surface area (Å²) in [6.45, 7) is 0. The highest BCUT2D eigenvalue weighted by Gasteiger charge is 2.14. The summed E-state index contributed by atoms with van der Waals surface area (Å²) in [5.74, 6) is -0.390. The Morgan fingerprint density at radius 1 is 1.17 bits per heavy atom. The molecule has 94 valence electrons. The van der Waals surface area contributed by atoms with Crippen molar-refractivity contribution in [3.63, 3.8) is 0 Å². The van der Waals surface area contributed by atoms with Crippen LogP contribution in [0.2, 0.25) is 0 Å². The minimum Gasteiger partial charge on any atom is -0.294 e. The van der Waals surface area contributed by atoms with E-state index in [1.807, 2.05) is 0 Å². The van der Waals surface area contributed by atoms with Crippen LogP contribution in [0.15, 0.2) is 36.3 Å². The maximum atomic E-state index is 13.2. The number of halogens is 4. The summed E-state index contributed by atoms with van der Waals surface area (Å²) in [6, 6.07) is 6.25. The number of benzene rings is 1. The summed E-state index contributed by atoms with van der Waals surface area (Å²) in [5.41, 5.74) is 1.27. The number of hydrogen-bond donors (Lipinski definition) is 0. The van der Waals surface area contributed by atoms with Crippen LogP contribution in [0, 0.1) is 5.82 Å². The molecule has 0 saturated heterocycles. The number of thiophene rings is 1. The number of ketones is 1. The molecule has 0 aliphatic carbocycles. The van der Waals surface area contributed by atoms with Crippen molar-refractivity contribution in [2.45, 2.75) is 6.42 Å². The van der Waals surface area contributed by atoms with E-state index in [4.69, 9.17) is 0 Å². The fourth-order valence-corrected chi connectivity index (χ4v) is 4.89. The van der Waals surface area contributed by atoms with Gasteiger partial charge in [-0.25, -0.2) is 4.39 Å². The number of carbonyl (C=O) groups is 1. The topological polar surface area (TPSA) is 17.1 Å². The smallest absolute Gasteiger partial charge is 0.169 e. The van der Waals surface area contributed by atoms with Gasteiger partial charge >= 0.3 is 0 Å². The van der Waals surface area contributed by atoms with Crippen LogP contribution in [0.5, 0.6) is 0 Å². The first-order chi connectivity index (χ1) is 8.45. The lowest BCUT2D eigenvalue weighted by atomic mass is 10.1. The average Bonchev–Trinajstić information content (AvgIpc) is 2.56. The van der Waals surface area contributed by atoms with Gasteiger partial charge in [0.05, 0.1) is 7.57 Å².